The maximum Gasteiger partial charge on any atom is 0.0578 e. The average Bonchev–Trinajstić information content (AvgIpc) is 2.47. The van der Waals surface area contributed by atoms with Crippen molar-refractivity contribution in [1.82, 2.24) is 10.2 Å². The van der Waals surface area contributed by atoms with E-state index in [0.29, 0.717) is 12.0 Å². The number of aliphatic hydroxyl groups is 1. The zero-order valence-corrected chi connectivity index (χ0v) is 12.8. The third-order valence-electron chi connectivity index (χ3n) is 5.04. The van der Waals surface area contributed by atoms with E-state index in [-0.39, 0.29) is 6.10 Å². The number of aliphatic hydroxyl groups excluding tert-OH is 1. The Morgan fingerprint density at radius 1 is 1.11 bits per heavy atom. The summed E-state index contributed by atoms with van der Waals surface area (Å²) in [4.78, 5) is 2.51. The molecule has 1 aliphatic carbocycles. The number of piperidine rings is 1. The van der Waals surface area contributed by atoms with Crippen LogP contribution in [0.4, 0.5) is 0 Å². The Morgan fingerprint density at radius 3 is 2.47 bits per heavy atom. The van der Waals surface area contributed by atoms with Gasteiger partial charge in [-0.3, -0.25) is 0 Å². The van der Waals surface area contributed by atoms with Crippen LogP contribution in [0.5, 0.6) is 0 Å². The summed E-state index contributed by atoms with van der Waals surface area (Å²) in [5, 5.41) is 14.0. The zero-order valence-electron chi connectivity index (χ0n) is 12.8. The highest BCUT2D eigenvalue weighted by molar-refractivity contribution is 4.88. The van der Waals surface area contributed by atoms with Gasteiger partial charge < -0.3 is 15.3 Å². The van der Waals surface area contributed by atoms with E-state index in [1.54, 1.807) is 0 Å². The van der Waals surface area contributed by atoms with Gasteiger partial charge in [-0.1, -0.05) is 33.1 Å². The molecule has 0 aromatic carbocycles. The SMILES string of the molecule is CCC(O)C1CC(NC2CCCCC2)CN(CC)C1. The van der Waals surface area contributed by atoms with Gasteiger partial charge in [0.1, 0.15) is 0 Å². The first kappa shape index (κ1) is 15.3. The van der Waals surface area contributed by atoms with E-state index < -0.39 is 0 Å². The second-order valence-corrected chi connectivity index (χ2v) is 6.52. The van der Waals surface area contributed by atoms with E-state index >= 15 is 0 Å². The molecule has 2 N–H and O–H groups in total. The van der Waals surface area contributed by atoms with Crippen LogP contribution in [-0.2, 0) is 0 Å². The fraction of sp³-hybridized carbons (Fsp3) is 1.00. The minimum absolute atomic E-state index is 0.120. The van der Waals surface area contributed by atoms with Crippen LogP contribution in [0.15, 0.2) is 0 Å². The molecular weight excluding hydrogens is 236 g/mol. The molecule has 1 saturated carbocycles. The standard InChI is InChI=1S/C16H32N2O/c1-3-16(19)13-10-15(12-18(4-2)11-13)17-14-8-6-5-7-9-14/h13-17,19H,3-12H2,1-2H3. The van der Waals surface area contributed by atoms with Crippen molar-refractivity contribution in [2.24, 2.45) is 5.92 Å². The minimum atomic E-state index is -0.120. The second kappa shape index (κ2) is 7.61. The predicted octanol–water partition coefficient (Wildman–Crippen LogP) is 2.39. The maximum atomic E-state index is 10.2. The topological polar surface area (TPSA) is 35.5 Å². The van der Waals surface area contributed by atoms with E-state index in [4.69, 9.17) is 0 Å². The van der Waals surface area contributed by atoms with Crippen LogP contribution < -0.4 is 5.32 Å². The number of nitrogens with one attached hydrogen (secondary N) is 1. The average molecular weight is 268 g/mol. The number of nitrogens with zero attached hydrogens (tertiary/aromatic N) is 1. The van der Waals surface area contributed by atoms with Crippen LogP contribution >= 0.6 is 0 Å². The molecule has 112 valence electrons. The van der Waals surface area contributed by atoms with Gasteiger partial charge in [0.05, 0.1) is 6.10 Å². The molecule has 1 heterocycles. The van der Waals surface area contributed by atoms with Crippen molar-refractivity contribution in [2.75, 3.05) is 19.6 Å². The molecule has 1 saturated heterocycles. The van der Waals surface area contributed by atoms with Gasteiger partial charge >= 0.3 is 0 Å². The van der Waals surface area contributed by atoms with Crippen LogP contribution in [0.25, 0.3) is 0 Å². The van der Waals surface area contributed by atoms with Crippen molar-refractivity contribution in [2.45, 2.75) is 77.0 Å². The Hall–Kier alpha value is -0.120. The molecule has 3 unspecified atom stereocenters. The number of hydrogen-bond acceptors (Lipinski definition) is 3. The molecule has 2 aliphatic rings. The van der Waals surface area contributed by atoms with E-state index in [0.717, 1.165) is 32.0 Å². The predicted molar refractivity (Wildman–Crippen MR) is 80.3 cm³/mol. The summed E-state index contributed by atoms with van der Waals surface area (Å²) >= 11 is 0. The summed E-state index contributed by atoms with van der Waals surface area (Å²) in [5.74, 6) is 0.458. The number of likely N-dealkylation sites (tertiary alicyclic amines) is 1. The maximum absolute atomic E-state index is 10.2. The lowest BCUT2D eigenvalue weighted by molar-refractivity contribution is 0.0346. The van der Waals surface area contributed by atoms with Crippen LogP contribution in [0, 0.1) is 5.92 Å². The van der Waals surface area contributed by atoms with Gasteiger partial charge in [-0.15, -0.1) is 0 Å². The molecule has 0 radical (unpaired) electrons. The smallest absolute Gasteiger partial charge is 0.0578 e. The van der Waals surface area contributed by atoms with Crippen molar-refractivity contribution >= 4 is 0 Å². The highest BCUT2D eigenvalue weighted by Gasteiger charge is 2.31. The fourth-order valence-electron chi connectivity index (χ4n) is 3.83. The third-order valence-corrected chi connectivity index (χ3v) is 5.04. The molecule has 3 atom stereocenters. The van der Waals surface area contributed by atoms with Crippen molar-refractivity contribution in [3.63, 3.8) is 0 Å². The Labute approximate surface area is 118 Å². The molecule has 3 nitrogen and oxygen atoms in total. The van der Waals surface area contributed by atoms with Crippen LogP contribution in [0.2, 0.25) is 0 Å². The number of likely N-dealkylation sites (N-methyl/N-ethyl adjacent to an activating group) is 1. The van der Waals surface area contributed by atoms with Gasteiger partial charge in [0.25, 0.3) is 0 Å². The van der Waals surface area contributed by atoms with Gasteiger partial charge in [0, 0.05) is 25.2 Å². The second-order valence-electron chi connectivity index (χ2n) is 6.52. The Bertz CT molecular complexity index is 251. The highest BCUT2D eigenvalue weighted by Crippen LogP contribution is 2.24. The number of hydrogen-bond donors (Lipinski definition) is 2. The van der Waals surface area contributed by atoms with E-state index in [1.165, 1.54) is 38.6 Å². The molecule has 2 fully saturated rings. The van der Waals surface area contributed by atoms with E-state index in [9.17, 15) is 5.11 Å². The summed E-state index contributed by atoms with van der Waals surface area (Å²) in [6.45, 7) is 7.68. The largest absolute Gasteiger partial charge is 0.393 e. The summed E-state index contributed by atoms with van der Waals surface area (Å²) in [6, 6.07) is 1.32. The van der Waals surface area contributed by atoms with Crippen molar-refractivity contribution in [1.29, 1.82) is 0 Å². The molecule has 0 aromatic rings. The van der Waals surface area contributed by atoms with Crippen molar-refractivity contribution in [3.05, 3.63) is 0 Å². The molecule has 0 amide bonds. The molecular formula is C16H32N2O. The van der Waals surface area contributed by atoms with Crippen molar-refractivity contribution < 1.29 is 5.11 Å². The molecule has 1 aliphatic heterocycles. The zero-order chi connectivity index (χ0) is 13.7. The van der Waals surface area contributed by atoms with Gasteiger partial charge in [0.15, 0.2) is 0 Å². The first-order valence-electron chi connectivity index (χ1n) is 8.39. The van der Waals surface area contributed by atoms with E-state index in [1.807, 2.05) is 0 Å². The van der Waals surface area contributed by atoms with Crippen LogP contribution in [0.3, 0.4) is 0 Å². The van der Waals surface area contributed by atoms with Gasteiger partial charge in [-0.05, 0) is 38.1 Å². The Kier molecular flexibility index (Phi) is 6.11. The summed E-state index contributed by atoms with van der Waals surface area (Å²) in [5.41, 5.74) is 0. The van der Waals surface area contributed by atoms with Crippen LogP contribution in [0.1, 0.15) is 58.8 Å². The third kappa shape index (κ3) is 4.44. The van der Waals surface area contributed by atoms with Crippen LogP contribution in [-0.4, -0.2) is 47.8 Å². The molecule has 0 bridgehead atoms. The van der Waals surface area contributed by atoms with Gasteiger partial charge in [-0.2, -0.15) is 0 Å². The Balaban J connectivity index is 1.87. The Morgan fingerprint density at radius 2 is 1.84 bits per heavy atom. The normalized spacial score (nSPS) is 32.4. The minimum Gasteiger partial charge on any atom is -0.393 e. The monoisotopic (exact) mass is 268 g/mol. The van der Waals surface area contributed by atoms with E-state index in [2.05, 4.69) is 24.1 Å². The molecule has 0 spiro atoms. The van der Waals surface area contributed by atoms with Gasteiger partial charge in [-0.25, -0.2) is 0 Å². The lowest BCUT2D eigenvalue weighted by Crippen LogP contribution is -2.54. The first-order valence-corrected chi connectivity index (χ1v) is 8.39. The quantitative estimate of drug-likeness (QED) is 0.803. The number of rotatable bonds is 5. The fourth-order valence-corrected chi connectivity index (χ4v) is 3.83. The van der Waals surface area contributed by atoms with Gasteiger partial charge in [0.2, 0.25) is 0 Å². The summed E-state index contributed by atoms with van der Waals surface area (Å²) in [7, 11) is 0. The first-order chi connectivity index (χ1) is 9.22. The molecule has 3 heteroatoms. The lowest BCUT2D eigenvalue weighted by Gasteiger charge is -2.41. The molecule has 2 rings (SSSR count). The summed E-state index contributed by atoms with van der Waals surface area (Å²) in [6.07, 6.45) is 8.82. The van der Waals surface area contributed by atoms with Crippen molar-refractivity contribution in [3.8, 4) is 0 Å². The summed E-state index contributed by atoms with van der Waals surface area (Å²) < 4.78 is 0. The molecule has 19 heavy (non-hydrogen) atoms. The highest BCUT2D eigenvalue weighted by atomic mass is 16.3. The lowest BCUT2D eigenvalue weighted by atomic mass is 9.87. The molecule has 0 aromatic heterocycles.